The molecule has 0 amide bonds. The summed E-state index contributed by atoms with van der Waals surface area (Å²) in [5.74, 6) is 0. The van der Waals surface area contributed by atoms with Gasteiger partial charge >= 0.3 is 0 Å². The van der Waals surface area contributed by atoms with Gasteiger partial charge in [-0.3, -0.25) is 0 Å². The second kappa shape index (κ2) is 7.06. The summed E-state index contributed by atoms with van der Waals surface area (Å²) in [6.45, 7) is 11.5. The third-order valence-electron chi connectivity index (χ3n) is 3.89. The maximum atomic E-state index is 7.28. The van der Waals surface area contributed by atoms with E-state index in [0.717, 1.165) is 41.5 Å². The Labute approximate surface area is 144 Å². The second-order valence-corrected chi connectivity index (χ2v) is 8.01. The molecule has 1 atom stereocenters. The van der Waals surface area contributed by atoms with Gasteiger partial charge in [-0.05, 0) is 61.5 Å². The number of hydrogen-bond acceptors (Lipinski definition) is 3. The minimum atomic E-state index is 0.240. The highest BCUT2D eigenvalue weighted by Gasteiger charge is 2.20. The zero-order valence-electron chi connectivity index (χ0n) is 12.4. The van der Waals surface area contributed by atoms with Crippen LogP contribution in [-0.4, -0.2) is 13.1 Å². The molecule has 1 aliphatic heterocycles. The van der Waals surface area contributed by atoms with Crippen molar-refractivity contribution in [3.8, 4) is 0 Å². The third kappa shape index (κ3) is 3.18. The molecule has 0 aliphatic carbocycles. The SMILES string of the molecule is [C-]#[N+]c1ccsc1C(C)Sc1c(Cl)ccc2c1CCNCC2. The quantitative estimate of drug-likeness (QED) is 0.583. The lowest BCUT2D eigenvalue weighted by Crippen LogP contribution is -2.16. The van der Waals surface area contributed by atoms with Crippen molar-refractivity contribution in [2.24, 2.45) is 0 Å². The van der Waals surface area contributed by atoms with Gasteiger partial charge in [-0.1, -0.05) is 17.7 Å². The Balaban J connectivity index is 1.94. The van der Waals surface area contributed by atoms with Crippen LogP contribution >= 0.6 is 34.7 Å². The minimum Gasteiger partial charge on any atom is -0.316 e. The summed E-state index contributed by atoms with van der Waals surface area (Å²) < 4.78 is 0. The van der Waals surface area contributed by atoms with E-state index in [2.05, 4.69) is 23.2 Å². The smallest absolute Gasteiger partial charge is 0.201 e. The van der Waals surface area contributed by atoms with E-state index < -0.39 is 0 Å². The summed E-state index contributed by atoms with van der Waals surface area (Å²) in [6, 6.07) is 6.08. The molecule has 2 heterocycles. The molecule has 5 heteroatoms. The molecule has 0 radical (unpaired) electrons. The van der Waals surface area contributed by atoms with Crippen molar-refractivity contribution in [3.63, 3.8) is 0 Å². The van der Waals surface area contributed by atoms with Crippen molar-refractivity contribution in [3.05, 3.63) is 56.0 Å². The number of rotatable bonds is 3. The molecule has 1 aromatic heterocycles. The zero-order valence-corrected chi connectivity index (χ0v) is 14.7. The number of benzene rings is 1. The van der Waals surface area contributed by atoms with Crippen molar-refractivity contribution < 1.29 is 0 Å². The average molecular weight is 349 g/mol. The number of thioether (sulfide) groups is 1. The maximum absolute atomic E-state index is 7.28. The van der Waals surface area contributed by atoms with Gasteiger partial charge in [-0.25, -0.2) is 4.85 Å². The Kier molecular flexibility index (Phi) is 5.10. The van der Waals surface area contributed by atoms with Crippen LogP contribution in [0.25, 0.3) is 4.85 Å². The Bertz CT molecular complexity index is 718. The summed E-state index contributed by atoms with van der Waals surface area (Å²) in [7, 11) is 0. The van der Waals surface area contributed by atoms with Crippen LogP contribution in [0.1, 0.15) is 28.2 Å². The zero-order chi connectivity index (χ0) is 15.5. The van der Waals surface area contributed by atoms with E-state index in [9.17, 15) is 0 Å². The largest absolute Gasteiger partial charge is 0.316 e. The first-order valence-corrected chi connectivity index (χ1v) is 9.47. The molecule has 0 saturated heterocycles. The summed E-state index contributed by atoms with van der Waals surface area (Å²) in [6.07, 6.45) is 2.08. The molecular weight excluding hydrogens is 332 g/mol. The van der Waals surface area contributed by atoms with Gasteiger partial charge < -0.3 is 5.32 Å². The second-order valence-electron chi connectivity index (χ2n) is 5.31. The van der Waals surface area contributed by atoms with Gasteiger partial charge in [0, 0.05) is 15.0 Å². The normalized spacial score (nSPS) is 15.7. The van der Waals surface area contributed by atoms with Gasteiger partial charge in [0.2, 0.25) is 5.69 Å². The summed E-state index contributed by atoms with van der Waals surface area (Å²) >= 11 is 9.94. The van der Waals surface area contributed by atoms with E-state index in [-0.39, 0.29) is 5.25 Å². The minimum absolute atomic E-state index is 0.240. The number of nitrogens with zero attached hydrogens (tertiary/aromatic N) is 1. The van der Waals surface area contributed by atoms with E-state index in [1.165, 1.54) is 16.0 Å². The molecule has 114 valence electrons. The Morgan fingerprint density at radius 1 is 1.32 bits per heavy atom. The maximum Gasteiger partial charge on any atom is 0.201 e. The monoisotopic (exact) mass is 348 g/mol. The van der Waals surface area contributed by atoms with Gasteiger partial charge in [0.1, 0.15) is 0 Å². The van der Waals surface area contributed by atoms with Crippen LogP contribution in [0, 0.1) is 6.57 Å². The third-order valence-corrected chi connectivity index (χ3v) is 6.85. The van der Waals surface area contributed by atoms with Crippen LogP contribution in [0.2, 0.25) is 5.02 Å². The van der Waals surface area contributed by atoms with E-state index in [1.807, 2.05) is 17.5 Å². The number of fused-ring (bicyclic) bond motifs is 1. The first-order valence-electron chi connectivity index (χ1n) is 7.33. The number of nitrogens with one attached hydrogen (secondary N) is 1. The highest BCUT2D eigenvalue weighted by Crippen LogP contribution is 2.46. The molecule has 0 bridgehead atoms. The molecular formula is C17H17ClN2S2. The van der Waals surface area contributed by atoms with Gasteiger partial charge in [0.15, 0.2) is 0 Å². The lowest BCUT2D eigenvalue weighted by molar-refractivity contribution is 0.709. The molecule has 3 rings (SSSR count). The lowest BCUT2D eigenvalue weighted by atomic mass is 10.0. The molecule has 1 N–H and O–H groups in total. The summed E-state index contributed by atoms with van der Waals surface area (Å²) in [5.41, 5.74) is 3.56. The molecule has 0 fully saturated rings. The van der Waals surface area contributed by atoms with E-state index in [1.54, 1.807) is 23.1 Å². The average Bonchev–Trinajstić information content (AvgIpc) is 2.87. The van der Waals surface area contributed by atoms with Crippen LogP contribution in [-0.2, 0) is 12.8 Å². The topological polar surface area (TPSA) is 16.4 Å². The predicted octanol–water partition coefficient (Wildman–Crippen LogP) is 5.49. The van der Waals surface area contributed by atoms with Crippen molar-refractivity contribution in [1.82, 2.24) is 5.32 Å². The fourth-order valence-corrected chi connectivity index (χ4v) is 5.31. The molecule has 2 nitrogen and oxygen atoms in total. The highest BCUT2D eigenvalue weighted by molar-refractivity contribution is 7.99. The van der Waals surface area contributed by atoms with Crippen LogP contribution in [0.5, 0.6) is 0 Å². The van der Waals surface area contributed by atoms with Crippen molar-refractivity contribution >= 4 is 40.4 Å². The van der Waals surface area contributed by atoms with E-state index in [0.29, 0.717) is 0 Å². The standard InChI is InChI=1S/C17H17ClN2S2/c1-11(16-15(19-2)7-10-21-16)22-17-13-6-9-20-8-5-12(13)3-4-14(17)18/h3-4,7,10-11,20H,5-6,8-9H2,1H3. The number of thiophene rings is 1. The number of hydrogen-bond donors (Lipinski definition) is 1. The van der Waals surface area contributed by atoms with E-state index >= 15 is 0 Å². The molecule has 1 aromatic carbocycles. The van der Waals surface area contributed by atoms with Gasteiger partial charge in [0.25, 0.3) is 0 Å². The molecule has 1 unspecified atom stereocenters. The van der Waals surface area contributed by atoms with Crippen LogP contribution in [0.4, 0.5) is 5.69 Å². The molecule has 0 saturated carbocycles. The highest BCUT2D eigenvalue weighted by atomic mass is 35.5. The van der Waals surface area contributed by atoms with Crippen LogP contribution in [0.3, 0.4) is 0 Å². The molecule has 1 aliphatic rings. The molecule has 22 heavy (non-hydrogen) atoms. The van der Waals surface area contributed by atoms with Gasteiger partial charge in [-0.15, -0.1) is 11.8 Å². The van der Waals surface area contributed by atoms with Crippen LogP contribution in [0.15, 0.2) is 28.5 Å². The molecule has 2 aromatic rings. The fourth-order valence-electron chi connectivity index (χ4n) is 2.78. The fraction of sp³-hybridized carbons (Fsp3) is 0.353. The van der Waals surface area contributed by atoms with Crippen molar-refractivity contribution in [2.45, 2.75) is 29.9 Å². The first kappa shape index (κ1) is 15.9. The van der Waals surface area contributed by atoms with E-state index in [4.69, 9.17) is 18.2 Å². The van der Waals surface area contributed by atoms with Gasteiger partial charge in [-0.2, -0.15) is 11.3 Å². The Hall–Kier alpha value is -0.990. The first-order chi connectivity index (χ1) is 10.7. The Morgan fingerprint density at radius 3 is 2.95 bits per heavy atom. The summed E-state index contributed by atoms with van der Waals surface area (Å²) in [5, 5.41) is 6.52. The van der Waals surface area contributed by atoms with Gasteiger partial charge in [0.05, 0.1) is 11.6 Å². The van der Waals surface area contributed by atoms with Crippen LogP contribution < -0.4 is 5.32 Å². The number of halogens is 1. The summed E-state index contributed by atoms with van der Waals surface area (Å²) in [4.78, 5) is 5.96. The predicted molar refractivity (Wildman–Crippen MR) is 96.6 cm³/mol. The Morgan fingerprint density at radius 2 is 2.14 bits per heavy atom. The molecule has 0 spiro atoms. The van der Waals surface area contributed by atoms with Crippen molar-refractivity contribution in [2.75, 3.05) is 13.1 Å². The van der Waals surface area contributed by atoms with Crippen molar-refractivity contribution in [1.29, 1.82) is 0 Å². The lowest BCUT2D eigenvalue weighted by Gasteiger charge is -2.17.